The van der Waals surface area contributed by atoms with E-state index in [2.05, 4.69) is 5.32 Å². The average molecular weight is 259 g/mol. The molecule has 19 heavy (non-hydrogen) atoms. The number of aryl methyl sites for hydroxylation is 1. The van der Waals surface area contributed by atoms with Gasteiger partial charge >= 0.3 is 0 Å². The second-order valence-electron chi connectivity index (χ2n) is 4.60. The summed E-state index contributed by atoms with van der Waals surface area (Å²) in [5, 5.41) is 12.7. The van der Waals surface area contributed by atoms with E-state index in [-0.39, 0.29) is 18.5 Å². The molecule has 2 aromatic rings. The smallest absolute Gasteiger partial charge is 0.123 e. The van der Waals surface area contributed by atoms with Crippen LogP contribution in [0.2, 0.25) is 0 Å². The number of hydrogen-bond donors (Lipinski definition) is 2. The third kappa shape index (κ3) is 3.63. The maximum atomic E-state index is 13.3. The van der Waals surface area contributed by atoms with Crippen LogP contribution in [-0.2, 0) is 6.54 Å². The van der Waals surface area contributed by atoms with Crippen molar-refractivity contribution >= 4 is 0 Å². The second-order valence-corrected chi connectivity index (χ2v) is 4.60. The van der Waals surface area contributed by atoms with Gasteiger partial charge in [-0.25, -0.2) is 4.39 Å². The van der Waals surface area contributed by atoms with Gasteiger partial charge in [0, 0.05) is 6.54 Å². The van der Waals surface area contributed by atoms with Crippen LogP contribution in [0.1, 0.15) is 22.7 Å². The molecular formula is C16H18FNO. The van der Waals surface area contributed by atoms with Gasteiger partial charge in [0.2, 0.25) is 0 Å². The monoisotopic (exact) mass is 259 g/mol. The number of nitrogens with one attached hydrogen (secondary N) is 1. The molecule has 0 radical (unpaired) electrons. The summed E-state index contributed by atoms with van der Waals surface area (Å²) in [4.78, 5) is 0. The van der Waals surface area contributed by atoms with Crippen molar-refractivity contribution < 1.29 is 9.50 Å². The molecule has 2 aromatic carbocycles. The van der Waals surface area contributed by atoms with Crippen molar-refractivity contribution in [2.45, 2.75) is 19.5 Å². The largest absolute Gasteiger partial charge is 0.394 e. The first kappa shape index (κ1) is 13.7. The van der Waals surface area contributed by atoms with Crippen LogP contribution >= 0.6 is 0 Å². The molecule has 2 N–H and O–H groups in total. The van der Waals surface area contributed by atoms with E-state index >= 15 is 0 Å². The van der Waals surface area contributed by atoms with Gasteiger partial charge in [0.1, 0.15) is 5.82 Å². The minimum absolute atomic E-state index is 0.0584. The Bertz CT molecular complexity index is 528. The predicted molar refractivity (Wildman–Crippen MR) is 74.2 cm³/mol. The van der Waals surface area contributed by atoms with Crippen LogP contribution in [0.5, 0.6) is 0 Å². The molecule has 0 aromatic heterocycles. The fraction of sp³-hybridized carbons (Fsp3) is 0.250. The highest BCUT2D eigenvalue weighted by molar-refractivity contribution is 5.30. The first-order chi connectivity index (χ1) is 9.20. The summed E-state index contributed by atoms with van der Waals surface area (Å²) in [5.74, 6) is -0.277. The van der Waals surface area contributed by atoms with Gasteiger partial charge in [-0.05, 0) is 35.7 Å². The molecule has 0 saturated heterocycles. The Hall–Kier alpha value is -1.71. The first-order valence-electron chi connectivity index (χ1n) is 6.35. The number of halogens is 1. The maximum absolute atomic E-state index is 13.3. The molecule has 1 atom stereocenters. The summed E-state index contributed by atoms with van der Waals surface area (Å²) in [6.45, 7) is 2.50. The number of aliphatic hydroxyl groups excluding tert-OH is 1. The molecule has 1 unspecified atom stereocenters. The molecular weight excluding hydrogens is 241 g/mol. The molecule has 100 valence electrons. The zero-order valence-electron chi connectivity index (χ0n) is 10.9. The molecule has 0 amide bonds. The Morgan fingerprint density at radius 2 is 1.89 bits per heavy atom. The van der Waals surface area contributed by atoms with Gasteiger partial charge in [0.05, 0.1) is 12.6 Å². The molecule has 0 saturated carbocycles. The van der Waals surface area contributed by atoms with Gasteiger partial charge in [-0.2, -0.15) is 0 Å². The number of benzene rings is 2. The fourth-order valence-electron chi connectivity index (χ4n) is 2.10. The van der Waals surface area contributed by atoms with Crippen LogP contribution in [-0.4, -0.2) is 11.7 Å². The van der Waals surface area contributed by atoms with Crippen LogP contribution < -0.4 is 5.32 Å². The van der Waals surface area contributed by atoms with Gasteiger partial charge in [-0.3, -0.25) is 0 Å². The highest BCUT2D eigenvalue weighted by atomic mass is 19.1. The Morgan fingerprint density at radius 1 is 1.16 bits per heavy atom. The molecule has 0 fully saturated rings. The van der Waals surface area contributed by atoms with Crippen molar-refractivity contribution in [3.05, 3.63) is 71.0 Å². The van der Waals surface area contributed by atoms with E-state index in [1.807, 2.05) is 37.3 Å². The Balaban J connectivity index is 2.10. The lowest BCUT2D eigenvalue weighted by Crippen LogP contribution is -2.24. The minimum atomic E-state index is -0.277. The highest BCUT2D eigenvalue weighted by Crippen LogP contribution is 2.19. The molecule has 2 rings (SSSR count). The number of rotatable bonds is 5. The van der Waals surface area contributed by atoms with Crippen molar-refractivity contribution in [1.82, 2.24) is 5.32 Å². The van der Waals surface area contributed by atoms with E-state index in [4.69, 9.17) is 0 Å². The fourth-order valence-corrected chi connectivity index (χ4v) is 2.10. The van der Waals surface area contributed by atoms with Crippen LogP contribution in [0, 0.1) is 12.7 Å². The average Bonchev–Trinajstić information content (AvgIpc) is 2.44. The lowest BCUT2D eigenvalue weighted by Gasteiger charge is -2.19. The van der Waals surface area contributed by atoms with Crippen LogP contribution in [0.4, 0.5) is 4.39 Å². The van der Waals surface area contributed by atoms with Gasteiger partial charge in [-0.1, -0.05) is 36.4 Å². The summed E-state index contributed by atoms with van der Waals surface area (Å²) in [6.07, 6.45) is 0. The van der Waals surface area contributed by atoms with Gasteiger partial charge in [0.15, 0.2) is 0 Å². The van der Waals surface area contributed by atoms with E-state index in [0.717, 1.165) is 16.7 Å². The Labute approximate surface area is 112 Å². The van der Waals surface area contributed by atoms with E-state index in [1.54, 1.807) is 6.07 Å². The summed E-state index contributed by atoms with van der Waals surface area (Å²) < 4.78 is 13.3. The second kappa shape index (κ2) is 6.45. The van der Waals surface area contributed by atoms with Crippen molar-refractivity contribution in [3.8, 4) is 0 Å². The standard InChI is InChI=1S/C16H18FNO/c1-12-7-8-14(17)9-15(12)16(11-19)18-10-13-5-3-2-4-6-13/h2-9,16,18-19H,10-11H2,1H3. The zero-order chi connectivity index (χ0) is 13.7. The van der Waals surface area contributed by atoms with Crippen LogP contribution in [0.25, 0.3) is 0 Å². The third-order valence-corrected chi connectivity index (χ3v) is 3.19. The lowest BCUT2D eigenvalue weighted by atomic mass is 10.0. The summed E-state index contributed by atoms with van der Waals surface area (Å²) in [7, 11) is 0. The van der Waals surface area contributed by atoms with E-state index in [0.29, 0.717) is 6.54 Å². The molecule has 0 bridgehead atoms. The highest BCUT2D eigenvalue weighted by Gasteiger charge is 2.13. The van der Waals surface area contributed by atoms with Gasteiger partial charge in [0.25, 0.3) is 0 Å². The summed E-state index contributed by atoms with van der Waals surface area (Å²) in [6, 6.07) is 14.3. The normalized spacial score (nSPS) is 12.4. The summed E-state index contributed by atoms with van der Waals surface area (Å²) >= 11 is 0. The maximum Gasteiger partial charge on any atom is 0.123 e. The molecule has 0 aliphatic carbocycles. The number of aliphatic hydroxyl groups is 1. The van der Waals surface area contributed by atoms with E-state index in [9.17, 15) is 9.50 Å². The van der Waals surface area contributed by atoms with Crippen molar-refractivity contribution in [3.63, 3.8) is 0 Å². The SMILES string of the molecule is Cc1ccc(F)cc1C(CO)NCc1ccccc1. The first-order valence-corrected chi connectivity index (χ1v) is 6.35. The van der Waals surface area contributed by atoms with E-state index in [1.165, 1.54) is 12.1 Å². The minimum Gasteiger partial charge on any atom is -0.394 e. The number of hydrogen-bond acceptors (Lipinski definition) is 2. The van der Waals surface area contributed by atoms with Crippen LogP contribution in [0.3, 0.4) is 0 Å². The van der Waals surface area contributed by atoms with Crippen molar-refractivity contribution in [2.24, 2.45) is 0 Å². The molecule has 0 spiro atoms. The van der Waals surface area contributed by atoms with Crippen LogP contribution in [0.15, 0.2) is 48.5 Å². The molecule has 0 aliphatic heterocycles. The van der Waals surface area contributed by atoms with E-state index < -0.39 is 0 Å². The quantitative estimate of drug-likeness (QED) is 0.865. The summed E-state index contributed by atoms with van der Waals surface area (Å²) in [5.41, 5.74) is 2.91. The Morgan fingerprint density at radius 3 is 2.58 bits per heavy atom. The Kier molecular flexibility index (Phi) is 4.66. The van der Waals surface area contributed by atoms with Crippen molar-refractivity contribution in [2.75, 3.05) is 6.61 Å². The molecule has 0 aliphatic rings. The molecule has 3 heteroatoms. The van der Waals surface area contributed by atoms with Gasteiger partial charge < -0.3 is 10.4 Å². The zero-order valence-corrected chi connectivity index (χ0v) is 10.9. The topological polar surface area (TPSA) is 32.3 Å². The van der Waals surface area contributed by atoms with Crippen molar-refractivity contribution in [1.29, 1.82) is 0 Å². The third-order valence-electron chi connectivity index (χ3n) is 3.19. The lowest BCUT2D eigenvalue weighted by molar-refractivity contribution is 0.243. The predicted octanol–water partition coefficient (Wildman–Crippen LogP) is 2.96. The van der Waals surface area contributed by atoms with Gasteiger partial charge in [-0.15, -0.1) is 0 Å². The molecule has 2 nitrogen and oxygen atoms in total. The molecule has 0 heterocycles.